The molecule has 0 saturated carbocycles. The minimum atomic E-state index is -3.31. The molecule has 7 heteroatoms. The van der Waals surface area contributed by atoms with Crippen molar-refractivity contribution in [1.82, 2.24) is 4.72 Å². The Bertz CT molecular complexity index is 1090. The van der Waals surface area contributed by atoms with E-state index in [1.807, 2.05) is 18.2 Å². The van der Waals surface area contributed by atoms with Gasteiger partial charge in [-0.05, 0) is 91.3 Å². The van der Waals surface area contributed by atoms with Gasteiger partial charge in [-0.15, -0.1) is 11.6 Å². The lowest BCUT2D eigenvalue weighted by Gasteiger charge is -2.15. The number of rotatable bonds is 12. The Labute approximate surface area is 202 Å². The summed E-state index contributed by atoms with van der Waals surface area (Å²) in [7, 11) is -3.31. The molecule has 0 radical (unpaired) electrons. The van der Waals surface area contributed by atoms with Crippen LogP contribution >= 0.6 is 11.6 Å². The summed E-state index contributed by atoms with van der Waals surface area (Å²) in [6.45, 7) is 5.13. The molecule has 0 amide bonds. The molecule has 178 valence electrons. The molecule has 2 aromatic carbocycles. The molecule has 0 aromatic heterocycles. The maximum absolute atomic E-state index is 11.8. The number of hydrogen-bond donors (Lipinski definition) is 1. The average molecular weight is 490 g/mol. The van der Waals surface area contributed by atoms with Crippen LogP contribution in [0.15, 0.2) is 60.4 Å². The van der Waals surface area contributed by atoms with E-state index >= 15 is 0 Å². The van der Waals surface area contributed by atoms with E-state index in [0.29, 0.717) is 18.9 Å². The largest absolute Gasteiger partial charge is 0.492 e. The minimum Gasteiger partial charge on any atom is -0.492 e. The molecule has 0 saturated heterocycles. The van der Waals surface area contributed by atoms with Crippen LogP contribution in [0.1, 0.15) is 36.0 Å². The van der Waals surface area contributed by atoms with Crippen molar-refractivity contribution < 1.29 is 17.9 Å². The number of ether oxygens (including phenoxy) is 2. The van der Waals surface area contributed by atoms with Crippen molar-refractivity contribution in [3.63, 3.8) is 0 Å². The van der Waals surface area contributed by atoms with Crippen LogP contribution in [-0.4, -0.2) is 33.2 Å². The van der Waals surface area contributed by atoms with Gasteiger partial charge < -0.3 is 9.47 Å². The van der Waals surface area contributed by atoms with E-state index in [0.717, 1.165) is 46.6 Å². The maximum atomic E-state index is 11.8. The van der Waals surface area contributed by atoms with Crippen molar-refractivity contribution in [2.24, 2.45) is 0 Å². The first-order valence-corrected chi connectivity index (χ1v) is 13.4. The monoisotopic (exact) mass is 489 g/mol. The molecule has 1 N–H and O–H groups in total. The Balaban J connectivity index is 1.61. The molecule has 1 aliphatic carbocycles. The molecule has 0 bridgehead atoms. The maximum Gasteiger partial charge on any atom is 0.211 e. The first kappa shape index (κ1) is 25.3. The summed E-state index contributed by atoms with van der Waals surface area (Å²) >= 11 is 5.56. The highest BCUT2D eigenvalue weighted by Gasteiger charge is 2.11. The number of aryl methyl sites for hydroxylation is 2. The zero-order valence-corrected chi connectivity index (χ0v) is 20.8. The number of nitrogens with one attached hydrogen (secondary N) is 1. The van der Waals surface area contributed by atoms with Crippen molar-refractivity contribution >= 4 is 21.6 Å². The Morgan fingerprint density at radius 1 is 1.06 bits per heavy atom. The van der Waals surface area contributed by atoms with Crippen LogP contribution in [0.4, 0.5) is 0 Å². The summed E-state index contributed by atoms with van der Waals surface area (Å²) in [5, 5.41) is 0. The van der Waals surface area contributed by atoms with Crippen LogP contribution in [-0.2, 0) is 21.4 Å². The van der Waals surface area contributed by atoms with Crippen LogP contribution < -0.4 is 9.46 Å². The average Bonchev–Trinajstić information content (AvgIpc) is 2.80. The molecule has 1 aliphatic rings. The molecular weight excluding hydrogens is 458 g/mol. The zero-order valence-electron chi connectivity index (χ0n) is 19.3. The van der Waals surface area contributed by atoms with Crippen LogP contribution in [0.2, 0.25) is 0 Å². The van der Waals surface area contributed by atoms with Crippen LogP contribution in [0, 0.1) is 13.8 Å². The third-order valence-electron chi connectivity index (χ3n) is 5.33. The Morgan fingerprint density at radius 2 is 1.85 bits per heavy atom. The molecule has 33 heavy (non-hydrogen) atoms. The fourth-order valence-corrected chi connectivity index (χ4v) is 5.18. The van der Waals surface area contributed by atoms with E-state index in [1.54, 1.807) is 0 Å². The molecule has 0 heterocycles. The highest BCUT2D eigenvalue weighted by Crippen LogP contribution is 2.31. The Kier molecular flexibility index (Phi) is 9.41. The van der Waals surface area contributed by atoms with Gasteiger partial charge in [0.05, 0.1) is 5.75 Å². The van der Waals surface area contributed by atoms with Gasteiger partial charge in [-0.1, -0.05) is 24.3 Å². The molecule has 0 atom stereocenters. The molecule has 2 aromatic rings. The summed E-state index contributed by atoms with van der Waals surface area (Å²) < 4.78 is 37.9. The number of benzene rings is 2. The normalized spacial score (nSPS) is 13.6. The fraction of sp³-hybridized carbons (Fsp3) is 0.385. The van der Waals surface area contributed by atoms with Crippen molar-refractivity contribution in [2.75, 3.05) is 24.8 Å². The van der Waals surface area contributed by atoms with Gasteiger partial charge in [0.25, 0.3) is 0 Å². The summed E-state index contributed by atoms with van der Waals surface area (Å²) in [5.41, 5.74) is 5.63. The molecule has 0 unspecified atom stereocenters. The lowest BCUT2D eigenvalue weighted by molar-refractivity contribution is 0.209. The topological polar surface area (TPSA) is 64.6 Å². The van der Waals surface area contributed by atoms with E-state index in [4.69, 9.17) is 21.1 Å². The highest BCUT2D eigenvalue weighted by molar-refractivity contribution is 7.89. The van der Waals surface area contributed by atoms with Crippen molar-refractivity contribution in [3.05, 3.63) is 77.1 Å². The Hall–Kier alpha value is -2.28. The first-order valence-electron chi connectivity index (χ1n) is 11.2. The third-order valence-corrected chi connectivity index (χ3v) is 7.07. The van der Waals surface area contributed by atoms with Crippen LogP contribution in [0.25, 0.3) is 11.1 Å². The molecule has 3 rings (SSSR count). The van der Waals surface area contributed by atoms with Gasteiger partial charge >= 0.3 is 0 Å². The number of alkyl halides is 1. The quantitative estimate of drug-likeness (QED) is 0.309. The van der Waals surface area contributed by atoms with E-state index in [-0.39, 0.29) is 18.9 Å². The van der Waals surface area contributed by atoms with Crippen molar-refractivity contribution in [2.45, 2.75) is 39.7 Å². The lowest BCUT2D eigenvalue weighted by Crippen LogP contribution is -2.30. The predicted octanol–water partition coefficient (Wildman–Crippen LogP) is 5.65. The summed E-state index contributed by atoms with van der Waals surface area (Å²) in [6.07, 6.45) is 8.83. The minimum absolute atomic E-state index is 0.0296. The van der Waals surface area contributed by atoms with Gasteiger partial charge in [-0.2, -0.15) is 0 Å². The molecule has 0 spiro atoms. The lowest BCUT2D eigenvalue weighted by atomic mass is 9.94. The van der Waals surface area contributed by atoms with Crippen LogP contribution in [0.3, 0.4) is 0 Å². The third kappa shape index (κ3) is 7.91. The SMILES string of the molecule is Cc1cc(OCCNS(=O)(=O)CCCCl)cc(C)c1-c1cccc(COC2=CCCC=C2)c1. The summed E-state index contributed by atoms with van der Waals surface area (Å²) in [5.74, 6) is 2.02. The summed E-state index contributed by atoms with van der Waals surface area (Å²) in [6, 6.07) is 12.4. The van der Waals surface area contributed by atoms with E-state index in [2.05, 4.69) is 55.0 Å². The highest BCUT2D eigenvalue weighted by atomic mass is 35.5. The standard InChI is InChI=1S/C26H32ClNO4S/c1-20-16-25(31-14-13-28-33(29,30)15-7-12-27)17-21(2)26(20)23-9-6-8-22(18-23)19-32-24-10-4-3-5-11-24/h4,6,8-11,16-18,28H,3,5,7,12-15,19H2,1-2H3. The van der Waals surface area contributed by atoms with Gasteiger partial charge in [0, 0.05) is 12.4 Å². The summed E-state index contributed by atoms with van der Waals surface area (Å²) in [4.78, 5) is 0. The van der Waals surface area contributed by atoms with Crippen molar-refractivity contribution in [3.8, 4) is 16.9 Å². The van der Waals surface area contributed by atoms with Crippen LogP contribution in [0.5, 0.6) is 5.75 Å². The number of hydrogen-bond acceptors (Lipinski definition) is 4. The van der Waals surface area contributed by atoms with Gasteiger partial charge in [-0.25, -0.2) is 13.1 Å². The van der Waals surface area contributed by atoms with Gasteiger partial charge in [-0.3, -0.25) is 0 Å². The molecule has 0 fully saturated rings. The first-order chi connectivity index (χ1) is 15.9. The van der Waals surface area contributed by atoms with Gasteiger partial charge in [0.15, 0.2) is 0 Å². The van der Waals surface area contributed by atoms with Gasteiger partial charge in [0.1, 0.15) is 24.7 Å². The zero-order chi connectivity index (χ0) is 23.7. The van der Waals surface area contributed by atoms with E-state index < -0.39 is 10.0 Å². The molecule has 5 nitrogen and oxygen atoms in total. The fourth-order valence-electron chi connectivity index (χ4n) is 3.82. The van der Waals surface area contributed by atoms with E-state index in [9.17, 15) is 8.42 Å². The van der Waals surface area contributed by atoms with Gasteiger partial charge in [0.2, 0.25) is 10.0 Å². The molecular formula is C26H32ClNO4S. The number of allylic oxidation sites excluding steroid dienone is 3. The number of halogens is 1. The second-order valence-electron chi connectivity index (χ2n) is 8.11. The number of sulfonamides is 1. The predicted molar refractivity (Wildman–Crippen MR) is 135 cm³/mol. The van der Waals surface area contributed by atoms with E-state index in [1.165, 1.54) is 5.56 Å². The second kappa shape index (κ2) is 12.3. The van der Waals surface area contributed by atoms with Crippen molar-refractivity contribution in [1.29, 1.82) is 0 Å². The second-order valence-corrected chi connectivity index (χ2v) is 10.4. The Morgan fingerprint density at radius 3 is 2.55 bits per heavy atom. The smallest absolute Gasteiger partial charge is 0.211 e. The molecule has 0 aliphatic heterocycles.